The number of hydrogen-bond acceptors (Lipinski definition) is 4. The van der Waals surface area contributed by atoms with Crippen LogP contribution in [-0.4, -0.2) is 64.0 Å². The van der Waals surface area contributed by atoms with Crippen molar-refractivity contribution in [1.29, 1.82) is 0 Å². The van der Waals surface area contributed by atoms with Gasteiger partial charge in [0.1, 0.15) is 0 Å². The second kappa shape index (κ2) is 5.60. The predicted octanol–water partition coefficient (Wildman–Crippen LogP) is 0.478. The Labute approximate surface area is 109 Å². The summed E-state index contributed by atoms with van der Waals surface area (Å²) in [6.45, 7) is 2.27. The number of carboxylic acids is 1. The van der Waals surface area contributed by atoms with Crippen LogP contribution in [0, 0.1) is 5.92 Å². The lowest BCUT2D eigenvalue weighted by atomic mass is 9.96. The maximum atomic E-state index is 11.8. The molecule has 0 atom stereocenters. The normalized spacial score (nSPS) is 20.1. The second-order valence-electron chi connectivity index (χ2n) is 4.61. The van der Waals surface area contributed by atoms with E-state index in [4.69, 9.17) is 5.11 Å². The zero-order chi connectivity index (χ0) is 13.1. The first-order valence-electron chi connectivity index (χ1n) is 5.97. The molecule has 0 aromatic heterocycles. The number of likely N-dealkylation sites (tertiary alicyclic amines) is 1. The van der Waals surface area contributed by atoms with Crippen molar-refractivity contribution in [3.63, 3.8) is 0 Å². The minimum atomic E-state index is -0.813. The Morgan fingerprint density at radius 3 is 2.67 bits per heavy atom. The summed E-state index contributed by atoms with van der Waals surface area (Å²) in [5.74, 6) is 0.0980. The molecule has 0 unspecified atom stereocenters. The van der Waals surface area contributed by atoms with Gasteiger partial charge >= 0.3 is 5.97 Å². The van der Waals surface area contributed by atoms with Crippen LogP contribution in [-0.2, 0) is 9.59 Å². The van der Waals surface area contributed by atoms with Crippen LogP contribution in [0.15, 0.2) is 0 Å². The summed E-state index contributed by atoms with van der Waals surface area (Å²) in [5, 5.41) is 8.65. The van der Waals surface area contributed by atoms with Gasteiger partial charge in [0.2, 0.25) is 5.91 Å². The largest absolute Gasteiger partial charge is 0.481 e. The predicted molar refractivity (Wildman–Crippen MR) is 66.4 cm³/mol. The third-order valence-electron chi connectivity index (χ3n) is 3.21. The minimum Gasteiger partial charge on any atom is -0.481 e. The molecule has 2 aliphatic rings. The molecule has 100 valence electrons. The molecule has 2 rings (SSSR count). The van der Waals surface area contributed by atoms with Crippen LogP contribution in [0.4, 0.5) is 4.79 Å². The number of aliphatic carboxylic acids is 1. The fourth-order valence-corrected chi connectivity index (χ4v) is 3.02. The molecule has 0 saturated carbocycles. The molecule has 18 heavy (non-hydrogen) atoms. The molecule has 1 N–H and O–H groups in total. The molecule has 2 aliphatic heterocycles. The molecular formula is C11H16N2O4S. The van der Waals surface area contributed by atoms with Gasteiger partial charge in [-0.1, -0.05) is 11.8 Å². The van der Waals surface area contributed by atoms with Gasteiger partial charge in [-0.2, -0.15) is 0 Å². The molecular weight excluding hydrogens is 256 g/mol. The van der Waals surface area contributed by atoms with Gasteiger partial charge in [0.25, 0.3) is 5.24 Å². The molecule has 2 fully saturated rings. The number of carboxylic acid groups (broad SMARTS) is 1. The number of hydrogen-bond donors (Lipinski definition) is 1. The monoisotopic (exact) mass is 272 g/mol. The Morgan fingerprint density at radius 2 is 2.11 bits per heavy atom. The summed E-state index contributed by atoms with van der Waals surface area (Å²) in [7, 11) is 0. The first kappa shape index (κ1) is 13.2. The molecule has 0 aliphatic carbocycles. The number of rotatable bonds is 5. The number of thioether (sulfide) groups is 1. The van der Waals surface area contributed by atoms with E-state index in [9.17, 15) is 14.4 Å². The van der Waals surface area contributed by atoms with E-state index >= 15 is 0 Å². The smallest absolute Gasteiger partial charge is 0.303 e. The van der Waals surface area contributed by atoms with E-state index in [0.717, 1.165) is 12.3 Å². The van der Waals surface area contributed by atoms with Crippen molar-refractivity contribution in [2.45, 2.75) is 12.8 Å². The molecule has 2 saturated heterocycles. The molecule has 0 radical (unpaired) electrons. The van der Waals surface area contributed by atoms with Crippen LogP contribution in [0.2, 0.25) is 0 Å². The maximum absolute atomic E-state index is 11.8. The van der Waals surface area contributed by atoms with Crippen molar-refractivity contribution in [2.75, 3.05) is 31.9 Å². The van der Waals surface area contributed by atoms with Crippen LogP contribution in [0.25, 0.3) is 0 Å². The summed E-state index contributed by atoms with van der Waals surface area (Å²) in [6, 6.07) is 0. The summed E-state index contributed by atoms with van der Waals surface area (Å²) in [6.07, 6.45) is 0.469. The lowest BCUT2D eigenvalue weighted by molar-refractivity contribution is -0.145. The molecule has 0 aromatic rings. The number of nitrogens with zero attached hydrogens (tertiary/aromatic N) is 2. The first-order valence-corrected chi connectivity index (χ1v) is 6.96. The fraction of sp³-hybridized carbons (Fsp3) is 0.727. The van der Waals surface area contributed by atoms with Crippen LogP contribution >= 0.6 is 11.8 Å². The maximum Gasteiger partial charge on any atom is 0.303 e. The lowest BCUT2D eigenvalue weighted by Gasteiger charge is -2.38. The van der Waals surface area contributed by atoms with Crippen LogP contribution in [0.3, 0.4) is 0 Å². The highest BCUT2D eigenvalue weighted by atomic mass is 32.2. The number of carbonyl (C=O) groups excluding carboxylic acids is 2. The molecule has 2 amide bonds. The quantitative estimate of drug-likeness (QED) is 0.787. The summed E-state index contributed by atoms with van der Waals surface area (Å²) in [5.41, 5.74) is 0. The van der Waals surface area contributed by atoms with Crippen LogP contribution < -0.4 is 0 Å². The van der Waals surface area contributed by atoms with Crippen molar-refractivity contribution in [2.24, 2.45) is 5.92 Å². The first-order chi connectivity index (χ1) is 8.56. The molecule has 2 heterocycles. The van der Waals surface area contributed by atoms with Crippen molar-refractivity contribution in [3.8, 4) is 0 Å². The average Bonchev–Trinajstić information content (AvgIpc) is 2.65. The second-order valence-corrected chi connectivity index (χ2v) is 5.66. The van der Waals surface area contributed by atoms with Gasteiger partial charge in [0, 0.05) is 44.3 Å². The third kappa shape index (κ3) is 3.16. The Bertz CT molecular complexity index is 368. The highest BCUT2D eigenvalue weighted by Gasteiger charge is 2.32. The van der Waals surface area contributed by atoms with Crippen molar-refractivity contribution in [1.82, 2.24) is 9.80 Å². The van der Waals surface area contributed by atoms with Gasteiger partial charge in [0.05, 0.1) is 6.42 Å². The van der Waals surface area contributed by atoms with Crippen molar-refractivity contribution < 1.29 is 19.5 Å². The standard InChI is InChI=1S/C11H16N2O4S/c14-9(1-2-12-3-4-18-11(12)17)13-6-8(7-13)5-10(15)16/h8H,1-7H2,(H,15,16). The van der Waals surface area contributed by atoms with E-state index in [1.54, 1.807) is 9.80 Å². The Kier molecular flexibility index (Phi) is 4.11. The van der Waals surface area contributed by atoms with Gasteiger partial charge < -0.3 is 14.9 Å². The van der Waals surface area contributed by atoms with E-state index in [-0.39, 0.29) is 23.5 Å². The molecule has 0 bridgehead atoms. The Hall–Kier alpha value is -1.24. The minimum absolute atomic E-state index is 0.0151. The van der Waals surface area contributed by atoms with Crippen molar-refractivity contribution in [3.05, 3.63) is 0 Å². The third-order valence-corrected chi connectivity index (χ3v) is 4.11. The topological polar surface area (TPSA) is 77.9 Å². The SMILES string of the molecule is O=C(O)CC1CN(C(=O)CCN2CCSC2=O)C1. The van der Waals surface area contributed by atoms with Gasteiger partial charge in [0.15, 0.2) is 0 Å². The average molecular weight is 272 g/mol. The summed E-state index contributed by atoms with van der Waals surface area (Å²) in [4.78, 5) is 36.9. The van der Waals surface area contributed by atoms with Gasteiger partial charge in [-0.3, -0.25) is 14.4 Å². The Morgan fingerprint density at radius 1 is 1.39 bits per heavy atom. The van der Waals surface area contributed by atoms with Gasteiger partial charge in [-0.25, -0.2) is 0 Å². The molecule has 0 aromatic carbocycles. The summed E-state index contributed by atoms with van der Waals surface area (Å²) < 4.78 is 0. The molecule has 0 spiro atoms. The van der Waals surface area contributed by atoms with Crippen molar-refractivity contribution >= 4 is 28.9 Å². The highest BCUT2D eigenvalue weighted by Crippen LogP contribution is 2.21. The Balaban J connectivity index is 1.64. The van der Waals surface area contributed by atoms with Crippen LogP contribution in [0.5, 0.6) is 0 Å². The van der Waals surface area contributed by atoms with E-state index in [1.165, 1.54) is 11.8 Å². The van der Waals surface area contributed by atoms with Gasteiger partial charge in [-0.05, 0) is 0 Å². The highest BCUT2D eigenvalue weighted by molar-refractivity contribution is 8.13. The van der Waals surface area contributed by atoms with E-state index in [1.807, 2.05) is 0 Å². The number of carbonyl (C=O) groups is 3. The number of amides is 2. The van der Waals surface area contributed by atoms with E-state index in [2.05, 4.69) is 0 Å². The fourth-order valence-electron chi connectivity index (χ4n) is 2.17. The molecule has 6 nitrogen and oxygen atoms in total. The van der Waals surface area contributed by atoms with E-state index in [0.29, 0.717) is 26.1 Å². The van der Waals surface area contributed by atoms with Gasteiger partial charge in [-0.15, -0.1) is 0 Å². The lowest BCUT2D eigenvalue weighted by Crippen LogP contribution is -2.51. The zero-order valence-electron chi connectivity index (χ0n) is 10.0. The van der Waals surface area contributed by atoms with E-state index < -0.39 is 5.97 Å². The zero-order valence-corrected chi connectivity index (χ0v) is 10.8. The van der Waals surface area contributed by atoms with Crippen LogP contribution in [0.1, 0.15) is 12.8 Å². The molecule has 7 heteroatoms. The summed E-state index contributed by atoms with van der Waals surface area (Å²) >= 11 is 1.29.